The molecule has 1 aromatic rings. The van der Waals surface area contributed by atoms with Crippen molar-refractivity contribution in [2.24, 2.45) is 0 Å². The summed E-state index contributed by atoms with van der Waals surface area (Å²) in [4.78, 5) is 21.1. The largest absolute Gasteiger partial charge is 0.422 e. The Balaban J connectivity index is 2.50. The first-order valence-electron chi connectivity index (χ1n) is 3.13. The van der Waals surface area contributed by atoms with Crippen molar-refractivity contribution in [3.05, 3.63) is 15.8 Å². The van der Waals surface area contributed by atoms with E-state index in [0.717, 1.165) is 0 Å². The van der Waals surface area contributed by atoms with Gasteiger partial charge in [0.1, 0.15) is 0 Å². The SMILES string of the molecule is CCC(=O)Oc1c(C)c1=O. The third-order valence-corrected chi connectivity index (χ3v) is 1.33. The summed E-state index contributed by atoms with van der Waals surface area (Å²) in [5.74, 6) is -0.105. The van der Waals surface area contributed by atoms with Crippen LogP contribution in [0.15, 0.2) is 4.79 Å². The van der Waals surface area contributed by atoms with Crippen LogP contribution in [0.4, 0.5) is 0 Å². The molecule has 0 atom stereocenters. The number of carbonyl (C=O) groups is 1. The zero-order valence-electron chi connectivity index (χ0n) is 5.93. The van der Waals surface area contributed by atoms with E-state index in [1.165, 1.54) is 0 Å². The van der Waals surface area contributed by atoms with Crippen molar-refractivity contribution < 1.29 is 9.53 Å². The molecule has 0 amide bonds. The Morgan fingerprint density at radius 2 is 2.10 bits per heavy atom. The molecule has 0 N–H and O–H groups in total. The van der Waals surface area contributed by atoms with Gasteiger partial charge >= 0.3 is 5.97 Å². The van der Waals surface area contributed by atoms with Gasteiger partial charge in [-0.3, -0.25) is 9.59 Å². The lowest BCUT2D eigenvalue weighted by Crippen LogP contribution is -2.04. The summed E-state index contributed by atoms with van der Waals surface area (Å²) >= 11 is 0. The fourth-order valence-corrected chi connectivity index (χ4v) is 0.545. The van der Waals surface area contributed by atoms with Crippen molar-refractivity contribution >= 4 is 5.97 Å². The first kappa shape index (κ1) is 6.99. The topological polar surface area (TPSA) is 43.4 Å². The van der Waals surface area contributed by atoms with E-state index in [9.17, 15) is 9.59 Å². The van der Waals surface area contributed by atoms with Crippen LogP contribution in [0.2, 0.25) is 0 Å². The van der Waals surface area contributed by atoms with Crippen LogP contribution in [0.5, 0.6) is 5.75 Å². The Morgan fingerprint density at radius 1 is 1.60 bits per heavy atom. The summed E-state index contributed by atoms with van der Waals surface area (Å²) in [6, 6.07) is 0. The second-order valence-electron chi connectivity index (χ2n) is 2.11. The van der Waals surface area contributed by atoms with E-state index in [0.29, 0.717) is 12.0 Å². The number of carbonyl (C=O) groups excluding carboxylic acids is 1. The highest BCUT2D eigenvalue weighted by atomic mass is 16.5. The molecule has 1 aromatic carbocycles. The van der Waals surface area contributed by atoms with E-state index in [1.54, 1.807) is 13.8 Å². The van der Waals surface area contributed by atoms with Crippen molar-refractivity contribution in [1.82, 2.24) is 0 Å². The van der Waals surface area contributed by atoms with Crippen molar-refractivity contribution in [1.29, 1.82) is 0 Å². The van der Waals surface area contributed by atoms with Crippen molar-refractivity contribution in [3.63, 3.8) is 0 Å². The molecule has 0 spiro atoms. The molecule has 0 aliphatic heterocycles. The predicted octanol–water partition coefficient (Wildman–Crippen LogP) is 0.546. The lowest BCUT2D eigenvalue weighted by atomic mass is 10.5. The zero-order valence-corrected chi connectivity index (χ0v) is 5.93. The van der Waals surface area contributed by atoms with Gasteiger partial charge in [-0.2, -0.15) is 0 Å². The Kier molecular flexibility index (Phi) is 1.57. The summed E-state index contributed by atoms with van der Waals surface area (Å²) in [5, 5.41) is 0. The number of hydrogen-bond acceptors (Lipinski definition) is 3. The molecular weight excluding hydrogens is 132 g/mol. The minimum absolute atomic E-state index is 0.123. The summed E-state index contributed by atoms with van der Waals surface area (Å²) in [6.07, 6.45) is 0.310. The van der Waals surface area contributed by atoms with Gasteiger partial charge in [-0.25, -0.2) is 0 Å². The summed E-state index contributed by atoms with van der Waals surface area (Å²) in [5.41, 5.74) is 0.448. The molecule has 0 fully saturated rings. The summed E-state index contributed by atoms with van der Waals surface area (Å²) < 4.78 is 4.63. The van der Waals surface area contributed by atoms with Crippen LogP contribution in [0.1, 0.15) is 18.9 Å². The molecule has 0 aliphatic rings. The molecule has 0 saturated carbocycles. The summed E-state index contributed by atoms with van der Waals surface area (Å²) in [6.45, 7) is 3.33. The van der Waals surface area contributed by atoms with Gasteiger partial charge in [-0.1, -0.05) is 6.92 Å². The standard InChI is InChI=1S/C7H8O3/c1-3-5(8)10-7-4(2)6(7)9/h3H2,1-2H3. The lowest BCUT2D eigenvalue weighted by Gasteiger charge is -1.90. The Morgan fingerprint density at radius 3 is 2.40 bits per heavy atom. The molecule has 3 nitrogen and oxygen atoms in total. The van der Waals surface area contributed by atoms with Crippen LogP contribution in [-0.2, 0) is 4.79 Å². The minimum Gasteiger partial charge on any atom is -0.422 e. The molecule has 0 bridgehead atoms. The van der Waals surface area contributed by atoms with E-state index in [2.05, 4.69) is 4.74 Å². The molecule has 0 radical (unpaired) electrons. The van der Waals surface area contributed by atoms with Crippen LogP contribution in [-0.4, -0.2) is 5.97 Å². The summed E-state index contributed by atoms with van der Waals surface area (Å²) in [7, 11) is 0. The molecule has 54 valence electrons. The molecule has 0 aromatic heterocycles. The number of ether oxygens (including phenoxy) is 1. The van der Waals surface area contributed by atoms with E-state index < -0.39 is 0 Å². The minimum atomic E-state index is -0.347. The maximum absolute atomic E-state index is 10.5. The lowest BCUT2D eigenvalue weighted by molar-refractivity contribution is -0.133. The van der Waals surface area contributed by atoms with Gasteiger partial charge in [0.2, 0.25) is 5.43 Å². The molecule has 0 heterocycles. The third kappa shape index (κ3) is 1.07. The van der Waals surface area contributed by atoms with Crippen LogP contribution in [0.25, 0.3) is 0 Å². The molecule has 10 heavy (non-hydrogen) atoms. The van der Waals surface area contributed by atoms with Crippen molar-refractivity contribution in [2.75, 3.05) is 0 Å². The highest BCUT2D eigenvalue weighted by Crippen LogP contribution is 2.17. The Hall–Kier alpha value is -1.12. The van der Waals surface area contributed by atoms with Gasteiger partial charge in [0.25, 0.3) is 0 Å². The molecule has 1 rings (SSSR count). The first-order chi connectivity index (χ1) is 4.66. The average molecular weight is 140 g/mol. The average Bonchev–Trinajstić information content (AvgIpc) is 2.45. The maximum Gasteiger partial charge on any atom is 0.311 e. The van der Waals surface area contributed by atoms with Gasteiger partial charge < -0.3 is 4.74 Å². The predicted molar refractivity (Wildman–Crippen MR) is 35.7 cm³/mol. The van der Waals surface area contributed by atoms with Crippen LogP contribution in [0.3, 0.4) is 0 Å². The molecule has 3 heteroatoms. The molecular formula is C7H8O3. The van der Waals surface area contributed by atoms with E-state index in [-0.39, 0.29) is 17.1 Å². The fourth-order valence-electron chi connectivity index (χ4n) is 0.545. The van der Waals surface area contributed by atoms with Gasteiger partial charge in [0.15, 0.2) is 5.75 Å². The van der Waals surface area contributed by atoms with Crippen LogP contribution < -0.4 is 10.2 Å². The Bertz CT molecular complexity index is 266. The highest BCUT2D eigenvalue weighted by Gasteiger charge is 2.21. The van der Waals surface area contributed by atoms with E-state index >= 15 is 0 Å². The van der Waals surface area contributed by atoms with Gasteiger partial charge in [-0.05, 0) is 6.92 Å². The number of esters is 1. The molecule has 0 saturated heterocycles. The highest BCUT2D eigenvalue weighted by molar-refractivity contribution is 5.73. The number of rotatable bonds is 2. The van der Waals surface area contributed by atoms with E-state index in [1.807, 2.05) is 0 Å². The van der Waals surface area contributed by atoms with Crippen LogP contribution >= 0.6 is 0 Å². The normalized spacial score (nSPS) is 10.2. The quantitative estimate of drug-likeness (QED) is 0.563. The number of hydrogen-bond donors (Lipinski definition) is 0. The monoisotopic (exact) mass is 140 g/mol. The second-order valence-corrected chi connectivity index (χ2v) is 2.11. The Labute approximate surface area is 58.3 Å². The smallest absolute Gasteiger partial charge is 0.311 e. The van der Waals surface area contributed by atoms with Crippen LogP contribution in [0, 0.1) is 6.92 Å². The van der Waals surface area contributed by atoms with Gasteiger partial charge in [0.05, 0.1) is 0 Å². The first-order valence-corrected chi connectivity index (χ1v) is 3.13. The van der Waals surface area contributed by atoms with E-state index in [4.69, 9.17) is 0 Å². The second kappa shape index (κ2) is 2.25. The van der Waals surface area contributed by atoms with Crippen molar-refractivity contribution in [3.8, 4) is 5.75 Å². The molecule has 0 unspecified atom stereocenters. The third-order valence-electron chi connectivity index (χ3n) is 1.33. The van der Waals surface area contributed by atoms with Crippen molar-refractivity contribution in [2.45, 2.75) is 20.3 Å². The van der Waals surface area contributed by atoms with Gasteiger partial charge in [-0.15, -0.1) is 0 Å². The fraction of sp³-hybridized carbons (Fsp3) is 0.429. The van der Waals surface area contributed by atoms with Gasteiger partial charge in [0, 0.05) is 12.0 Å². The molecule has 0 aliphatic carbocycles. The maximum atomic E-state index is 10.5. The zero-order chi connectivity index (χ0) is 7.72.